The van der Waals surface area contributed by atoms with Crippen molar-refractivity contribution < 1.29 is 4.79 Å². The van der Waals surface area contributed by atoms with E-state index in [1.807, 2.05) is 12.1 Å². The van der Waals surface area contributed by atoms with Crippen molar-refractivity contribution in [3.05, 3.63) is 29.8 Å². The van der Waals surface area contributed by atoms with E-state index in [0.717, 1.165) is 11.8 Å². The van der Waals surface area contributed by atoms with Crippen molar-refractivity contribution in [2.45, 2.75) is 38.6 Å². The van der Waals surface area contributed by atoms with Crippen molar-refractivity contribution in [3.8, 4) is 0 Å². The second-order valence-electron chi connectivity index (χ2n) is 6.19. The smallest absolute Gasteiger partial charge is 0.253 e. The summed E-state index contributed by atoms with van der Waals surface area (Å²) in [6.07, 6.45) is 5.41. The zero-order chi connectivity index (χ0) is 13.4. The fraction of sp³-hybridized carbons (Fsp3) is 0.562. The van der Waals surface area contributed by atoms with E-state index in [2.05, 4.69) is 12.2 Å². The van der Waals surface area contributed by atoms with Gasteiger partial charge in [-0.3, -0.25) is 4.79 Å². The minimum absolute atomic E-state index is 0.0339. The van der Waals surface area contributed by atoms with E-state index in [-0.39, 0.29) is 11.9 Å². The van der Waals surface area contributed by atoms with Crippen LogP contribution in [0.5, 0.6) is 0 Å². The van der Waals surface area contributed by atoms with Crippen molar-refractivity contribution in [2.24, 2.45) is 17.8 Å². The molecule has 102 valence electrons. The number of hydrogen-bond donors (Lipinski definition) is 2. The highest BCUT2D eigenvalue weighted by Gasteiger charge is 2.42. The second kappa shape index (κ2) is 4.87. The van der Waals surface area contributed by atoms with Crippen LogP contribution < -0.4 is 11.1 Å². The molecule has 1 amide bonds. The van der Waals surface area contributed by atoms with E-state index < -0.39 is 0 Å². The number of amides is 1. The van der Waals surface area contributed by atoms with Gasteiger partial charge in [-0.2, -0.15) is 0 Å². The average Bonchev–Trinajstić information content (AvgIpc) is 3.01. The third-order valence-corrected chi connectivity index (χ3v) is 5.00. The fourth-order valence-electron chi connectivity index (χ4n) is 4.00. The highest BCUT2D eigenvalue weighted by atomic mass is 16.1. The number of nitrogens with two attached hydrogens (primary N) is 1. The van der Waals surface area contributed by atoms with Crippen LogP contribution in [0, 0.1) is 17.8 Å². The van der Waals surface area contributed by atoms with Crippen molar-refractivity contribution in [3.63, 3.8) is 0 Å². The molecular weight excluding hydrogens is 236 g/mol. The molecule has 0 unspecified atom stereocenters. The quantitative estimate of drug-likeness (QED) is 0.819. The largest absolute Gasteiger partial charge is 0.398 e. The molecule has 0 aromatic heterocycles. The molecule has 0 saturated heterocycles. The molecule has 0 heterocycles. The number of carbonyl (C=O) groups excluding carboxylic acids is 1. The number of para-hydroxylation sites is 1. The van der Waals surface area contributed by atoms with E-state index in [1.54, 1.807) is 12.1 Å². The van der Waals surface area contributed by atoms with Gasteiger partial charge in [-0.25, -0.2) is 0 Å². The van der Waals surface area contributed by atoms with Gasteiger partial charge >= 0.3 is 0 Å². The number of nitrogen functional groups attached to an aromatic ring is 1. The molecule has 2 bridgehead atoms. The highest BCUT2D eigenvalue weighted by Crippen LogP contribution is 2.49. The predicted molar refractivity (Wildman–Crippen MR) is 76.7 cm³/mol. The summed E-state index contributed by atoms with van der Waals surface area (Å²) >= 11 is 0. The lowest BCUT2D eigenvalue weighted by molar-refractivity contribution is 0.0916. The van der Waals surface area contributed by atoms with Crippen LogP contribution in [0.3, 0.4) is 0 Å². The SMILES string of the molecule is C[C@@H](NC(=O)c1ccccc1N)[C@@H]1C[C@@H]2CC[C@@H]1C2. The number of nitrogens with one attached hydrogen (secondary N) is 1. The lowest BCUT2D eigenvalue weighted by Gasteiger charge is -2.28. The van der Waals surface area contributed by atoms with E-state index in [1.165, 1.54) is 25.7 Å². The van der Waals surface area contributed by atoms with Crippen LogP contribution >= 0.6 is 0 Å². The van der Waals surface area contributed by atoms with Gasteiger partial charge in [-0.1, -0.05) is 18.6 Å². The minimum atomic E-state index is -0.0339. The molecule has 3 rings (SSSR count). The predicted octanol–water partition coefficient (Wildman–Crippen LogP) is 2.82. The maximum atomic E-state index is 12.2. The van der Waals surface area contributed by atoms with Crippen molar-refractivity contribution in [1.29, 1.82) is 0 Å². The van der Waals surface area contributed by atoms with Gasteiger partial charge in [0.05, 0.1) is 5.56 Å². The molecule has 2 aliphatic rings. The molecule has 3 heteroatoms. The fourth-order valence-corrected chi connectivity index (χ4v) is 4.00. The van der Waals surface area contributed by atoms with Gasteiger partial charge in [0.1, 0.15) is 0 Å². The maximum Gasteiger partial charge on any atom is 0.253 e. The molecule has 0 aliphatic heterocycles. The molecule has 4 atom stereocenters. The molecule has 1 aromatic carbocycles. The van der Waals surface area contributed by atoms with E-state index >= 15 is 0 Å². The Kier molecular flexibility index (Phi) is 3.21. The zero-order valence-corrected chi connectivity index (χ0v) is 11.4. The molecule has 19 heavy (non-hydrogen) atoms. The summed E-state index contributed by atoms with van der Waals surface area (Å²) in [7, 11) is 0. The highest BCUT2D eigenvalue weighted by molar-refractivity contribution is 5.99. The number of anilines is 1. The van der Waals surface area contributed by atoms with Crippen LogP contribution in [-0.4, -0.2) is 11.9 Å². The van der Waals surface area contributed by atoms with Crippen LogP contribution in [0.1, 0.15) is 43.0 Å². The number of fused-ring (bicyclic) bond motifs is 2. The third-order valence-electron chi connectivity index (χ3n) is 5.00. The van der Waals surface area contributed by atoms with Crippen LogP contribution in [0.25, 0.3) is 0 Å². The second-order valence-corrected chi connectivity index (χ2v) is 6.19. The Hall–Kier alpha value is -1.51. The molecule has 0 radical (unpaired) electrons. The normalized spacial score (nSPS) is 30.3. The first kappa shape index (κ1) is 12.5. The Morgan fingerprint density at radius 1 is 1.32 bits per heavy atom. The molecule has 3 N–H and O–H groups in total. The number of carbonyl (C=O) groups is 1. The van der Waals surface area contributed by atoms with E-state index in [4.69, 9.17) is 5.73 Å². The lowest BCUT2D eigenvalue weighted by Crippen LogP contribution is -2.40. The van der Waals surface area contributed by atoms with Crippen LogP contribution in [0.15, 0.2) is 24.3 Å². The Bertz CT molecular complexity index is 485. The van der Waals surface area contributed by atoms with Crippen molar-refractivity contribution in [1.82, 2.24) is 5.32 Å². The zero-order valence-electron chi connectivity index (χ0n) is 11.4. The van der Waals surface area contributed by atoms with Crippen LogP contribution in [-0.2, 0) is 0 Å². The Labute approximate surface area is 114 Å². The standard InChI is InChI=1S/C16H22N2O/c1-10(14-9-11-6-7-12(14)8-11)18-16(19)13-4-2-3-5-15(13)17/h2-5,10-12,14H,6-9,17H2,1H3,(H,18,19)/t10-,11-,12-,14+/m1/s1. The van der Waals surface area contributed by atoms with Gasteiger partial charge < -0.3 is 11.1 Å². The Morgan fingerprint density at radius 3 is 2.74 bits per heavy atom. The van der Waals surface area contributed by atoms with Gasteiger partial charge in [0.2, 0.25) is 0 Å². The maximum absolute atomic E-state index is 12.2. The van der Waals surface area contributed by atoms with Crippen LogP contribution in [0.4, 0.5) is 5.69 Å². The molecule has 0 spiro atoms. The summed E-state index contributed by atoms with van der Waals surface area (Å²) in [5.74, 6) is 2.37. The van der Waals surface area contributed by atoms with Gasteiger partial charge in [0, 0.05) is 11.7 Å². The monoisotopic (exact) mass is 258 g/mol. The first-order chi connectivity index (χ1) is 9.15. The molecule has 2 aliphatic carbocycles. The van der Waals surface area contributed by atoms with Gasteiger partial charge in [0.15, 0.2) is 0 Å². The number of hydrogen-bond acceptors (Lipinski definition) is 2. The topological polar surface area (TPSA) is 55.1 Å². The minimum Gasteiger partial charge on any atom is -0.398 e. The molecular formula is C16H22N2O. The van der Waals surface area contributed by atoms with E-state index in [0.29, 0.717) is 17.2 Å². The van der Waals surface area contributed by atoms with Crippen molar-refractivity contribution in [2.75, 3.05) is 5.73 Å². The van der Waals surface area contributed by atoms with Gasteiger partial charge in [-0.05, 0) is 56.1 Å². The van der Waals surface area contributed by atoms with Gasteiger partial charge in [-0.15, -0.1) is 0 Å². The summed E-state index contributed by atoms with van der Waals surface area (Å²) in [4.78, 5) is 12.2. The molecule has 1 aromatic rings. The Morgan fingerprint density at radius 2 is 2.11 bits per heavy atom. The van der Waals surface area contributed by atoms with E-state index in [9.17, 15) is 4.79 Å². The summed E-state index contributed by atoms with van der Waals surface area (Å²) < 4.78 is 0. The van der Waals surface area contributed by atoms with Gasteiger partial charge in [0.25, 0.3) is 5.91 Å². The summed E-state index contributed by atoms with van der Waals surface area (Å²) in [5.41, 5.74) is 7.00. The number of rotatable bonds is 3. The lowest BCUT2D eigenvalue weighted by atomic mass is 9.84. The summed E-state index contributed by atoms with van der Waals surface area (Å²) in [5, 5.41) is 3.14. The summed E-state index contributed by atoms with van der Waals surface area (Å²) in [6, 6.07) is 7.52. The first-order valence-electron chi connectivity index (χ1n) is 7.30. The number of benzene rings is 1. The molecule has 2 saturated carbocycles. The molecule has 2 fully saturated rings. The third kappa shape index (κ3) is 2.34. The average molecular weight is 258 g/mol. The van der Waals surface area contributed by atoms with Crippen LogP contribution in [0.2, 0.25) is 0 Å². The summed E-state index contributed by atoms with van der Waals surface area (Å²) in [6.45, 7) is 2.14. The molecule has 3 nitrogen and oxygen atoms in total. The Balaban J connectivity index is 1.65. The van der Waals surface area contributed by atoms with Crippen molar-refractivity contribution >= 4 is 11.6 Å². The first-order valence-corrected chi connectivity index (χ1v) is 7.30.